The average Bonchev–Trinajstić information content (AvgIpc) is 2.59. The van der Waals surface area contributed by atoms with Crippen molar-refractivity contribution < 1.29 is 14.3 Å². The van der Waals surface area contributed by atoms with Gasteiger partial charge >= 0.3 is 6.09 Å². The summed E-state index contributed by atoms with van der Waals surface area (Å²) in [6.45, 7) is 2.43. The molecule has 0 aliphatic carbocycles. The number of benzene rings is 2. The fraction of sp³-hybridized carbons (Fsp3) is 0.222. The lowest BCUT2D eigenvalue weighted by atomic mass is 10.2. The van der Waals surface area contributed by atoms with Crippen molar-refractivity contribution in [3.05, 3.63) is 66.2 Å². The predicted molar refractivity (Wildman–Crippen MR) is 89.1 cm³/mol. The van der Waals surface area contributed by atoms with Crippen molar-refractivity contribution >= 4 is 17.7 Å². The summed E-state index contributed by atoms with van der Waals surface area (Å²) in [5.74, 6) is -0.229. The number of ether oxygens (including phenoxy) is 1. The molecule has 0 spiro atoms. The highest BCUT2D eigenvalue weighted by molar-refractivity contribution is 5.94. The van der Waals surface area contributed by atoms with Gasteiger partial charge in [0.05, 0.1) is 0 Å². The first-order valence-electron chi connectivity index (χ1n) is 7.50. The molecule has 0 fully saturated rings. The first-order chi connectivity index (χ1) is 11.2. The quantitative estimate of drug-likeness (QED) is 0.892. The minimum absolute atomic E-state index is 0.0779. The molecule has 0 unspecified atom stereocenters. The molecule has 2 aromatic carbocycles. The van der Waals surface area contributed by atoms with E-state index >= 15 is 0 Å². The second-order valence-electron chi connectivity index (χ2n) is 4.92. The van der Waals surface area contributed by atoms with Crippen LogP contribution in [0.2, 0.25) is 0 Å². The average molecular weight is 312 g/mol. The van der Waals surface area contributed by atoms with Crippen molar-refractivity contribution in [3.8, 4) is 0 Å². The summed E-state index contributed by atoms with van der Waals surface area (Å²) in [5.41, 5.74) is 1.52. The van der Waals surface area contributed by atoms with Crippen LogP contribution in [0, 0.1) is 0 Å². The molecule has 5 heteroatoms. The molecule has 0 bridgehead atoms. The number of amides is 2. The topological polar surface area (TPSA) is 58.6 Å². The molecular formula is C18H20N2O3. The van der Waals surface area contributed by atoms with Gasteiger partial charge in [-0.2, -0.15) is 0 Å². The van der Waals surface area contributed by atoms with Gasteiger partial charge in [0.1, 0.15) is 13.2 Å². The fourth-order valence-electron chi connectivity index (χ4n) is 2.06. The van der Waals surface area contributed by atoms with Crippen LogP contribution in [0.1, 0.15) is 12.5 Å². The third-order valence-electron chi connectivity index (χ3n) is 3.17. The molecule has 120 valence electrons. The maximum atomic E-state index is 12.4. The van der Waals surface area contributed by atoms with Crippen LogP contribution in [0.5, 0.6) is 0 Å². The Kier molecular flexibility index (Phi) is 6.17. The summed E-state index contributed by atoms with van der Waals surface area (Å²) >= 11 is 0. The van der Waals surface area contributed by atoms with Crippen LogP contribution in [0.4, 0.5) is 10.5 Å². The van der Waals surface area contributed by atoms with Crippen molar-refractivity contribution in [2.75, 3.05) is 18.0 Å². The van der Waals surface area contributed by atoms with Crippen LogP contribution in [-0.2, 0) is 16.1 Å². The highest BCUT2D eigenvalue weighted by Crippen LogP contribution is 2.15. The Balaban J connectivity index is 2.06. The van der Waals surface area contributed by atoms with Gasteiger partial charge in [0.25, 0.3) is 0 Å². The van der Waals surface area contributed by atoms with Crippen molar-refractivity contribution in [1.29, 1.82) is 0 Å². The zero-order valence-electron chi connectivity index (χ0n) is 13.1. The molecule has 0 saturated heterocycles. The Morgan fingerprint density at radius 2 is 1.61 bits per heavy atom. The Labute approximate surface area is 135 Å². The second-order valence-corrected chi connectivity index (χ2v) is 4.92. The van der Waals surface area contributed by atoms with Crippen LogP contribution in [0.15, 0.2) is 60.7 Å². The number of carbonyl (C=O) groups is 2. The number of nitrogens with one attached hydrogen (secondary N) is 1. The molecule has 1 N–H and O–H groups in total. The van der Waals surface area contributed by atoms with Gasteiger partial charge in [-0.15, -0.1) is 0 Å². The lowest BCUT2D eigenvalue weighted by Gasteiger charge is -2.21. The molecular weight excluding hydrogens is 292 g/mol. The zero-order chi connectivity index (χ0) is 16.5. The number of para-hydroxylation sites is 1. The van der Waals surface area contributed by atoms with Crippen LogP contribution >= 0.6 is 0 Å². The minimum Gasteiger partial charge on any atom is -0.444 e. The summed E-state index contributed by atoms with van der Waals surface area (Å²) < 4.78 is 5.33. The van der Waals surface area contributed by atoms with E-state index in [0.29, 0.717) is 12.2 Å². The third kappa shape index (κ3) is 5.14. The molecule has 0 heterocycles. The predicted octanol–water partition coefficient (Wildman–Crippen LogP) is 2.97. The van der Waals surface area contributed by atoms with E-state index in [4.69, 9.17) is 4.74 Å². The SMILES string of the molecule is CCNC(=O)CN(C(=O)OCc1ccccc1)c1ccccc1. The molecule has 0 aliphatic rings. The molecule has 0 radical (unpaired) electrons. The molecule has 0 atom stereocenters. The number of likely N-dealkylation sites (N-methyl/N-ethyl adjacent to an activating group) is 1. The van der Waals surface area contributed by atoms with Gasteiger partial charge in [0.2, 0.25) is 5.91 Å². The Morgan fingerprint density at radius 3 is 2.22 bits per heavy atom. The lowest BCUT2D eigenvalue weighted by molar-refractivity contribution is -0.119. The zero-order valence-corrected chi connectivity index (χ0v) is 13.1. The normalized spacial score (nSPS) is 9.96. The summed E-state index contributed by atoms with van der Waals surface area (Å²) in [6.07, 6.45) is -0.550. The van der Waals surface area contributed by atoms with E-state index in [9.17, 15) is 9.59 Å². The van der Waals surface area contributed by atoms with Gasteiger partial charge in [-0.25, -0.2) is 4.79 Å². The monoisotopic (exact) mass is 312 g/mol. The number of hydrogen-bond acceptors (Lipinski definition) is 3. The molecule has 5 nitrogen and oxygen atoms in total. The number of hydrogen-bond donors (Lipinski definition) is 1. The van der Waals surface area contributed by atoms with Crippen molar-refractivity contribution in [2.45, 2.75) is 13.5 Å². The van der Waals surface area contributed by atoms with E-state index in [0.717, 1.165) is 5.56 Å². The largest absolute Gasteiger partial charge is 0.444 e. The van der Waals surface area contributed by atoms with E-state index in [1.54, 1.807) is 12.1 Å². The van der Waals surface area contributed by atoms with Gasteiger partial charge in [-0.3, -0.25) is 9.69 Å². The molecule has 0 saturated carbocycles. The number of rotatable bonds is 6. The molecule has 2 amide bonds. The maximum absolute atomic E-state index is 12.4. The Morgan fingerprint density at radius 1 is 1.00 bits per heavy atom. The highest BCUT2D eigenvalue weighted by atomic mass is 16.6. The van der Waals surface area contributed by atoms with Crippen LogP contribution in [-0.4, -0.2) is 25.1 Å². The van der Waals surface area contributed by atoms with E-state index in [2.05, 4.69) is 5.32 Å². The fourth-order valence-corrected chi connectivity index (χ4v) is 2.06. The summed E-state index contributed by atoms with van der Waals surface area (Å²) in [4.78, 5) is 25.6. The summed E-state index contributed by atoms with van der Waals surface area (Å²) in [5, 5.41) is 2.69. The standard InChI is InChI=1S/C18H20N2O3/c1-2-19-17(21)13-20(16-11-7-4-8-12-16)18(22)23-14-15-9-5-3-6-10-15/h3-12H,2,13-14H2,1H3,(H,19,21). The van der Waals surface area contributed by atoms with E-state index in [1.165, 1.54) is 4.90 Å². The van der Waals surface area contributed by atoms with Crippen LogP contribution in [0.3, 0.4) is 0 Å². The van der Waals surface area contributed by atoms with Gasteiger partial charge in [-0.1, -0.05) is 48.5 Å². The third-order valence-corrected chi connectivity index (χ3v) is 3.17. The van der Waals surface area contributed by atoms with Gasteiger partial charge in [-0.05, 0) is 24.6 Å². The minimum atomic E-state index is -0.550. The summed E-state index contributed by atoms with van der Waals surface area (Å²) in [6, 6.07) is 18.4. The van der Waals surface area contributed by atoms with Gasteiger partial charge in [0, 0.05) is 12.2 Å². The first kappa shape index (κ1) is 16.5. The van der Waals surface area contributed by atoms with Gasteiger partial charge < -0.3 is 10.1 Å². The molecule has 2 aromatic rings. The molecule has 23 heavy (non-hydrogen) atoms. The van der Waals surface area contributed by atoms with Crippen molar-refractivity contribution in [2.24, 2.45) is 0 Å². The number of nitrogens with zero attached hydrogens (tertiary/aromatic N) is 1. The van der Waals surface area contributed by atoms with Gasteiger partial charge in [0.15, 0.2) is 0 Å². The summed E-state index contributed by atoms with van der Waals surface area (Å²) in [7, 11) is 0. The molecule has 0 aromatic heterocycles. The maximum Gasteiger partial charge on any atom is 0.415 e. The second kappa shape index (κ2) is 8.58. The van der Waals surface area contributed by atoms with Crippen molar-refractivity contribution in [1.82, 2.24) is 5.32 Å². The highest BCUT2D eigenvalue weighted by Gasteiger charge is 2.20. The van der Waals surface area contributed by atoms with E-state index < -0.39 is 6.09 Å². The first-order valence-corrected chi connectivity index (χ1v) is 7.50. The number of carbonyl (C=O) groups excluding carboxylic acids is 2. The lowest BCUT2D eigenvalue weighted by Crippen LogP contribution is -2.41. The Bertz CT molecular complexity index is 629. The Hall–Kier alpha value is -2.82. The number of anilines is 1. The van der Waals surface area contributed by atoms with E-state index in [-0.39, 0.29) is 19.1 Å². The van der Waals surface area contributed by atoms with Crippen LogP contribution < -0.4 is 10.2 Å². The van der Waals surface area contributed by atoms with Crippen LogP contribution in [0.25, 0.3) is 0 Å². The molecule has 0 aliphatic heterocycles. The van der Waals surface area contributed by atoms with Crippen molar-refractivity contribution in [3.63, 3.8) is 0 Å². The smallest absolute Gasteiger partial charge is 0.415 e. The van der Waals surface area contributed by atoms with E-state index in [1.807, 2.05) is 55.5 Å². The molecule has 2 rings (SSSR count).